The van der Waals surface area contributed by atoms with Crippen LogP contribution in [0.5, 0.6) is 0 Å². The minimum absolute atomic E-state index is 0.205. The molecule has 0 unspecified atom stereocenters. The molecule has 0 aliphatic carbocycles. The summed E-state index contributed by atoms with van der Waals surface area (Å²) in [6.07, 6.45) is 1.61. The van der Waals surface area contributed by atoms with E-state index in [9.17, 15) is 13.2 Å². The number of nitrogens with zero attached hydrogens (tertiary/aromatic N) is 1. The number of hydrogen-bond acceptors (Lipinski definition) is 2. The van der Waals surface area contributed by atoms with E-state index < -0.39 is 11.6 Å². The van der Waals surface area contributed by atoms with Gasteiger partial charge >= 0.3 is 0 Å². The highest BCUT2D eigenvalue weighted by Gasteiger charge is 2.24. The predicted molar refractivity (Wildman–Crippen MR) is 96.5 cm³/mol. The molecule has 24 heavy (non-hydrogen) atoms. The van der Waals surface area contributed by atoms with Crippen molar-refractivity contribution in [2.24, 2.45) is 0 Å². The van der Waals surface area contributed by atoms with Gasteiger partial charge in [-0.2, -0.15) is 0 Å². The number of hydrogen-bond donors (Lipinski definition) is 0. The van der Waals surface area contributed by atoms with Crippen LogP contribution in [-0.4, -0.2) is 18.3 Å². The Balaban J connectivity index is 1.64. The van der Waals surface area contributed by atoms with E-state index in [-0.39, 0.29) is 11.1 Å². The Hall–Kier alpha value is -1.14. The number of anilines is 1. The van der Waals surface area contributed by atoms with Crippen LogP contribution in [0.15, 0.2) is 41.3 Å². The van der Waals surface area contributed by atoms with Gasteiger partial charge in [0.05, 0.1) is 5.69 Å². The Bertz CT molecular complexity index is 717. The van der Waals surface area contributed by atoms with Crippen LogP contribution in [0.25, 0.3) is 0 Å². The van der Waals surface area contributed by atoms with E-state index in [0.717, 1.165) is 12.8 Å². The molecule has 0 aromatic heterocycles. The van der Waals surface area contributed by atoms with Crippen LogP contribution in [0.4, 0.5) is 18.9 Å². The number of piperidine rings is 1. The lowest BCUT2D eigenvalue weighted by Crippen LogP contribution is -2.35. The minimum Gasteiger partial charge on any atom is -0.369 e. The van der Waals surface area contributed by atoms with Gasteiger partial charge in [0.15, 0.2) is 11.6 Å². The van der Waals surface area contributed by atoms with Crippen LogP contribution in [-0.2, 0) is 5.33 Å². The van der Waals surface area contributed by atoms with Crippen LogP contribution in [0.2, 0.25) is 0 Å². The lowest BCUT2D eigenvalue weighted by molar-refractivity contribution is 0.485. The van der Waals surface area contributed by atoms with Gasteiger partial charge in [-0.05, 0) is 31.0 Å². The Labute approximate surface area is 152 Å². The maximum Gasteiger partial charge on any atom is 0.172 e. The minimum atomic E-state index is -0.777. The molecule has 0 atom stereocenters. The number of rotatable bonds is 4. The third-order valence-corrected chi connectivity index (χ3v) is 6.18. The number of para-hydroxylation sites is 1. The molecule has 1 saturated heterocycles. The van der Waals surface area contributed by atoms with Crippen molar-refractivity contribution >= 4 is 33.4 Å². The van der Waals surface area contributed by atoms with E-state index >= 15 is 0 Å². The number of halogens is 4. The van der Waals surface area contributed by atoms with Crippen LogP contribution in [0, 0.1) is 17.5 Å². The summed E-state index contributed by atoms with van der Waals surface area (Å²) < 4.78 is 41.8. The third-order valence-electron chi connectivity index (χ3n) is 4.20. The number of benzene rings is 2. The van der Waals surface area contributed by atoms with Gasteiger partial charge in [0, 0.05) is 34.1 Å². The number of alkyl halides is 1. The summed E-state index contributed by atoms with van der Waals surface area (Å²) in [5.74, 6) is -1.77. The molecule has 0 spiro atoms. The normalized spacial score (nSPS) is 15.8. The van der Waals surface area contributed by atoms with Crippen LogP contribution in [0.1, 0.15) is 18.4 Å². The summed E-state index contributed by atoms with van der Waals surface area (Å²) in [5.41, 5.74) is 0.936. The summed E-state index contributed by atoms with van der Waals surface area (Å²) in [6, 6.07) is 9.99. The van der Waals surface area contributed by atoms with Gasteiger partial charge in [0.1, 0.15) is 5.82 Å². The van der Waals surface area contributed by atoms with Crippen molar-refractivity contribution in [1.82, 2.24) is 0 Å². The molecule has 0 bridgehead atoms. The molecule has 0 radical (unpaired) electrons. The maximum absolute atomic E-state index is 14.1. The summed E-state index contributed by atoms with van der Waals surface area (Å²) in [5, 5.41) is 0.499. The van der Waals surface area contributed by atoms with Crippen molar-refractivity contribution in [2.45, 2.75) is 28.3 Å². The first-order valence-corrected chi connectivity index (χ1v) is 9.79. The molecule has 1 aliphatic heterocycles. The largest absolute Gasteiger partial charge is 0.369 e. The Morgan fingerprint density at radius 2 is 1.71 bits per heavy atom. The molecular formula is C18H17BrF3NS. The van der Waals surface area contributed by atoms with Crippen LogP contribution in [0.3, 0.4) is 0 Å². The van der Waals surface area contributed by atoms with Gasteiger partial charge in [-0.1, -0.05) is 34.1 Å². The molecule has 2 aromatic rings. The first kappa shape index (κ1) is 17.7. The molecule has 1 fully saturated rings. The Kier molecular flexibility index (Phi) is 5.76. The van der Waals surface area contributed by atoms with Crippen LogP contribution < -0.4 is 4.90 Å². The SMILES string of the molecule is Fc1ccccc1N1CCC(Sc2ccc(CBr)c(F)c2F)CC1. The molecule has 0 amide bonds. The fourth-order valence-electron chi connectivity index (χ4n) is 2.87. The molecule has 128 valence electrons. The summed E-state index contributed by atoms with van der Waals surface area (Å²) >= 11 is 4.53. The summed E-state index contributed by atoms with van der Waals surface area (Å²) in [4.78, 5) is 2.36. The molecule has 0 N–H and O–H groups in total. The van der Waals surface area contributed by atoms with Crippen molar-refractivity contribution in [3.63, 3.8) is 0 Å². The Morgan fingerprint density at radius 1 is 1.00 bits per heavy atom. The molecule has 6 heteroatoms. The zero-order valence-corrected chi connectivity index (χ0v) is 15.3. The van der Waals surface area contributed by atoms with Crippen molar-refractivity contribution < 1.29 is 13.2 Å². The zero-order valence-electron chi connectivity index (χ0n) is 12.9. The predicted octanol–water partition coefficient (Wildman–Crippen LogP) is 5.76. The first-order valence-electron chi connectivity index (χ1n) is 7.79. The van der Waals surface area contributed by atoms with E-state index in [0.29, 0.717) is 34.6 Å². The van der Waals surface area contributed by atoms with Crippen molar-refractivity contribution in [1.29, 1.82) is 0 Å². The number of thioether (sulfide) groups is 1. The van der Waals surface area contributed by atoms with Gasteiger partial charge in [-0.15, -0.1) is 11.8 Å². The molecule has 2 aromatic carbocycles. The van der Waals surface area contributed by atoms with E-state index in [4.69, 9.17) is 0 Å². The second kappa shape index (κ2) is 7.83. The van der Waals surface area contributed by atoms with E-state index in [1.54, 1.807) is 24.3 Å². The highest BCUT2D eigenvalue weighted by atomic mass is 79.9. The van der Waals surface area contributed by atoms with Gasteiger partial charge < -0.3 is 4.90 Å². The average Bonchev–Trinajstić information content (AvgIpc) is 2.60. The molecule has 3 rings (SSSR count). The van der Waals surface area contributed by atoms with Crippen molar-refractivity contribution in [3.05, 3.63) is 59.4 Å². The second-order valence-electron chi connectivity index (χ2n) is 5.74. The molecular weight excluding hydrogens is 399 g/mol. The third kappa shape index (κ3) is 3.75. The van der Waals surface area contributed by atoms with E-state index in [1.165, 1.54) is 17.8 Å². The monoisotopic (exact) mass is 415 g/mol. The highest BCUT2D eigenvalue weighted by molar-refractivity contribution is 9.08. The lowest BCUT2D eigenvalue weighted by atomic mass is 10.1. The van der Waals surface area contributed by atoms with E-state index in [2.05, 4.69) is 15.9 Å². The summed E-state index contributed by atoms with van der Waals surface area (Å²) in [6.45, 7) is 1.42. The maximum atomic E-state index is 14.1. The van der Waals surface area contributed by atoms with E-state index in [1.807, 2.05) is 11.0 Å². The second-order valence-corrected chi connectivity index (χ2v) is 7.64. The fourth-order valence-corrected chi connectivity index (χ4v) is 4.45. The average molecular weight is 416 g/mol. The Morgan fingerprint density at radius 3 is 2.38 bits per heavy atom. The standard InChI is InChI=1S/C18H17BrF3NS/c19-11-12-5-6-16(18(22)17(12)21)24-13-7-9-23(10-8-13)15-4-2-1-3-14(15)20/h1-6,13H,7-11H2. The fraction of sp³-hybridized carbons (Fsp3) is 0.333. The topological polar surface area (TPSA) is 3.24 Å². The van der Waals surface area contributed by atoms with Crippen molar-refractivity contribution in [2.75, 3.05) is 18.0 Å². The molecule has 1 nitrogen and oxygen atoms in total. The van der Waals surface area contributed by atoms with Gasteiger partial charge in [0.2, 0.25) is 0 Å². The highest BCUT2D eigenvalue weighted by Crippen LogP contribution is 2.35. The van der Waals surface area contributed by atoms with Crippen LogP contribution >= 0.6 is 27.7 Å². The van der Waals surface area contributed by atoms with Crippen molar-refractivity contribution in [3.8, 4) is 0 Å². The first-order chi connectivity index (χ1) is 11.6. The summed E-state index contributed by atoms with van der Waals surface area (Å²) in [7, 11) is 0. The van der Waals surface area contributed by atoms with Gasteiger partial charge in [0.25, 0.3) is 0 Å². The smallest absolute Gasteiger partial charge is 0.172 e. The lowest BCUT2D eigenvalue weighted by Gasteiger charge is -2.33. The zero-order chi connectivity index (χ0) is 17.1. The molecule has 1 aliphatic rings. The molecule has 1 heterocycles. The molecule has 0 saturated carbocycles. The van der Waals surface area contributed by atoms with Gasteiger partial charge in [-0.25, -0.2) is 13.2 Å². The van der Waals surface area contributed by atoms with Gasteiger partial charge in [-0.3, -0.25) is 0 Å². The quantitative estimate of drug-likeness (QED) is 0.583.